The second-order valence-electron chi connectivity index (χ2n) is 3.89. The van der Waals surface area contributed by atoms with E-state index in [1.807, 2.05) is 0 Å². The molecule has 6 nitrogen and oxygen atoms in total. The molecule has 0 spiro atoms. The molecule has 1 aromatic carbocycles. The number of nitrogen functional groups attached to an aromatic ring is 1. The van der Waals surface area contributed by atoms with E-state index in [0.29, 0.717) is 27.5 Å². The van der Waals surface area contributed by atoms with Gasteiger partial charge in [-0.1, -0.05) is 23.2 Å². The third kappa shape index (κ3) is 3.71. The smallest absolute Gasteiger partial charge is 0.158 e. The second kappa shape index (κ2) is 6.71. The van der Waals surface area contributed by atoms with Crippen LogP contribution in [0.1, 0.15) is 5.82 Å². The van der Waals surface area contributed by atoms with Crippen molar-refractivity contribution in [3.8, 4) is 0 Å². The van der Waals surface area contributed by atoms with E-state index in [-0.39, 0.29) is 6.61 Å². The van der Waals surface area contributed by atoms with E-state index in [4.69, 9.17) is 33.8 Å². The van der Waals surface area contributed by atoms with Gasteiger partial charge in [0.1, 0.15) is 18.2 Å². The van der Waals surface area contributed by atoms with Gasteiger partial charge in [-0.3, -0.25) is 0 Å². The standard InChI is InChI=1S/C12H13Cl2N5O/c1-20-6-12-17-10(5-11(18-12)19-15)16-7-2-3-8(13)9(14)4-7/h2-5H,6,15H2,1H3,(H2,16,17,18,19). The molecule has 1 aromatic heterocycles. The van der Waals surface area contributed by atoms with Gasteiger partial charge in [-0.15, -0.1) is 0 Å². The van der Waals surface area contributed by atoms with E-state index in [1.165, 1.54) is 0 Å². The van der Waals surface area contributed by atoms with E-state index in [9.17, 15) is 0 Å². The Kier molecular flexibility index (Phi) is 4.97. The number of nitrogens with two attached hydrogens (primary N) is 1. The molecule has 2 aromatic rings. The summed E-state index contributed by atoms with van der Waals surface area (Å²) < 4.78 is 5.01. The third-order valence-electron chi connectivity index (χ3n) is 2.39. The molecule has 0 aliphatic rings. The highest BCUT2D eigenvalue weighted by atomic mass is 35.5. The molecule has 0 radical (unpaired) electrons. The normalized spacial score (nSPS) is 10.4. The average molecular weight is 314 g/mol. The van der Waals surface area contributed by atoms with Crippen LogP contribution in [0.4, 0.5) is 17.3 Å². The van der Waals surface area contributed by atoms with Crippen LogP contribution < -0.4 is 16.6 Å². The summed E-state index contributed by atoms with van der Waals surface area (Å²) in [6, 6.07) is 6.87. The van der Waals surface area contributed by atoms with Crippen LogP contribution in [0.2, 0.25) is 10.0 Å². The van der Waals surface area contributed by atoms with Crippen molar-refractivity contribution >= 4 is 40.5 Å². The molecular formula is C12H13Cl2N5O. The lowest BCUT2D eigenvalue weighted by Crippen LogP contribution is -2.11. The predicted octanol–water partition coefficient (Wildman–Crippen LogP) is 2.96. The molecule has 0 fully saturated rings. The van der Waals surface area contributed by atoms with E-state index in [1.54, 1.807) is 31.4 Å². The number of hydrogen-bond acceptors (Lipinski definition) is 6. The first kappa shape index (κ1) is 14.8. The number of rotatable bonds is 5. The number of nitrogens with one attached hydrogen (secondary N) is 2. The summed E-state index contributed by atoms with van der Waals surface area (Å²) in [5.41, 5.74) is 3.23. The maximum Gasteiger partial charge on any atom is 0.158 e. The van der Waals surface area contributed by atoms with E-state index >= 15 is 0 Å². The molecule has 0 amide bonds. The van der Waals surface area contributed by atoms with Crippen LogP contribution in [0.25, 0.3) is 0 Å². The summed E-state index contributed by atoms with van der Waals surface area (Å²) in [6.07, 6.45) is 0. The van der Waals surface area contributed by atoms with Crippen molar-refractivity contribution < 1.29 is 4.74 Å². The number of nitrogens with zero attached hydrogens (tertiary/aromatic N) is 2. The van der Waals surface area contributed by atoms with Crippen molar-refractivity contribution in [2.45, 2.75) is 6.61 Å². The topological polar surface area (TPSA) is 85.1 Å². The van der Waals surface area contributed by atoms with Gasteiger partial charge in [0.25, 0.3) is 0 Å². The Balaban J connectivity index is 2.27. The molecule has 0 saturated heterocycles. The Morgan fingerprint density at radius 3 is 2.55 bits per heavy atom. The van der Waals surface area contributed by atoms with Crippen molar-refractivity contribution in [3.05, 3.63) is 40.1 Å². The fourth-order valence-corrected chi connectivity index (χ4v) is 1.85. The minimum Gasteiger partial charge on any atom is -0.377 e. The van der Waals surface area contributed by atoms with Crippen molar-refractivity contribution in [3.63, 3.8) is 0 Å². The molecule has 0 saturated carbocycles. The molecule has 1 heterocycles. The maximum absolute atomic E-state index is 5.96. The fraction of sp³-hybridized carbons (Fsp3) is 0.167. The van der Waals surface area contributed by atoms with Gasteiger partial charge in [0.2, 0.25) is 0 Å². The van der Waals surface area contributed by atoms with Crippen LogP contribution in [0.15, 0.2) is 24.3 Å². The minimum absolute atomic E-state index is 0.283. The SMILES string of the molecule is COCc1nc(NN)cc(Nc2ccc(Cl)c(Cl)c2)n1. The summed E-state index contributed by atoms with van der Waals surface area (Å²) in [5.74, 6) is 6.93. The lowest BCUT2D eigenvalue weighted by atomic mass is 10.3. The monoisotopic (exact) mass is 313 g/mol. The van der Waals surface area contributed by atoms with Crippen LogP contribution in [0.5, 0.6) is 0 Å². The fourth-order valence-electron chi connectivity index (χ4n) is 1.55. The molecule has 0 unspecified atom stereocenters. The number of benzene rings is 1. The average Bonchev–Trinajstić information content (AvgIpc) is 2.43. The molecule has 4 N–H and O–H groups in total. The van der Waals surface area contributed by atoms with Crippen LogP contribution >= 0.6 is 23.2 Å². The number of methoxy groups -OCH3 is 1. The number of hydrazine groups is 1. The molecule has 0 aliphatic carbocycles. The third-order valence-corrected chi connectivity index (χ3v) is 3.12. The Morgan fingerprint density at radius 1 is 1.15 bits per heavy atom. The van der Waals surface area contributed by atoms with Crippen molar-refractivity contribution in [2.24, 2.45) is 5.84 Å². The summed E-state index contributed by atoms with van der Waals surface area (Å²) >= 11 is 11.8. The summed E-state index contributed by atoms with van der Waals surface area (Å²) in [4.78, 5) is 8.46. The molecule has 0 atom stereocenters. The first-order valence-electron chi connectivity index (χ1n) is 5.68. The number of hydrogen-bond donors (Lipinski definition) is 3. The minimum atomic E-state index is 0.283. The van der Waals surface area contributed by atoms with Crippen molar-refractivity contribution in [1.29, 1.82) is 0 Å². The van der Waals surface area contributed by atoms with Gasteiger partial charge in [-0.2, -0.15) is 0 Å². The molecule has 8 heteroatoms. The Bertz CT molecular complexity index is 608. The molecule has 106 valence electrons. The van der Waals surface area contributed by atoms with Crippen LogP contribution in [0.3, 0.4) is 0 Å². The second-order valence-corrected chi connectivity index (χ2v) is 4.70. The summed E-state index contributed by atoms with van der Waals surface area (Å²) in [7, 11) is 1.57. The highest BCUT2D eigenvalue weighted by Gasteiger charge is 2.05. The lowest BCUT2D eigenvalue weighted by Gasteiger charge is -2.10. The van der Waals surface area contributed by atoms with Gasteiger partial charge < -0.3 is 15.5 Å². The Labute approximate surface area is 126 Å². The van der Waals surface area contributed by atoms with E-state index in [0.717, 1.165) is 5.69 Å². The molecule has 0 aliphatic heterocycles. The zero-order valence-corrected chi connectivity index (χ0v) is 12.2. The Morgan fingerprint density at radius 2 is 1.90 bits per heavy atom. The predicted molar refractivity (Wildman–Crippen MR) is 80.3 cm³/mol. The summed E-state index contributed by atoms with van der Waals surface area (Å²) in [5, 5.41) is 4.05. The molecular weight excluding hydrogens is 301 g/mol. The number of ether oxygens (including phenoxy) is 1. The van der Waals surface area contributed by atoms with Gasteiger partial charge >= 0.3 is 0 Å². The van der Waals surface area contributed by atoms with Gasteiger partial charge in [0, 0.05) is 18.9 Å². The molecule has 2 rings (SSSR count). The van der Waals surface area contributed by atoms with Crippen molar-refractivity contribution in [2.75, 3.05) is 17.9 Å². The lowest BCUT2D eigenvalue weighted by molar-refractivity contribution is 0.178. The Hall–Kier alpha value is -1.60. The number of aromatic nitrogens is 2. The van der Waals surface area contributed by atoms with Crippen LogP contribution in [-0.2, 0) is 11.3 Å². The van der Waals surface area contributed by atoms with E-state index < -0.39 is 0 Å². The highest BCUT2D eigenvalue weighted by Crippen LogP contribution is 2.26. The quantitative estimate of drug-likeness (QED) is 0.581. The first-order chi connectivity index (χ1) is 9.62. The summed E-state index contributed by atoms with van der Waals surface area (Å²) in [6.45, 7) is 0.283. The van der Waals surface area contributed by atoms with Crippen LogP contribution in [0, 0.1) is 0 Å². The number of halogens is 2. The zero-order valence-electron chi connectivity index (χ0n) is 10.7. The van der Waals surface area contributed by atoms with E-state index in [2.05, 4.69) is 20.7 Å². The highest BCUT2D eigenvalue weighted by molar-refractivity contribution is 6.42. The first-order valence-corrected chi connectivity index (χ1v) is 6.43. The van der Waals surface area contributed by atoms with Gasteiger partial charge in [0.05, 0.1) is 10.0 Å². The molecule has 20 heavy (non-hydrogen) atoms. The largest absolute Gasteiger partial charge is 0.377 e. The zero-order chi connectivity index (χ0) is 14.5. The maximum atomic E-state index is 5.96. The van der Waals surface area contributed by atoms with Crippen molar-refractivity contribution in [1.82, 2.24) is 9.97 Å². The van der Waals surface area contributed by atoms with Crippen LogP contribution in [-0.4, -0.2) is 17.1 Å². The van der Waals surface area contributed by atoms with Gasteiger partial charge in [-0.25, -0.2) is 15.8 Å². The van der Waals surface area contributed by atoms with Gasteiger partial charge in [-0.05, 0) is 18.2 Å². The van der Waals surface area contributed by atoms with Gasteiger partial charge in [0.15, 0.2) is 5.82 Å². The molecule has 0 bridgehead atoms. The number of anilines is 3.